The van der Waals surface area contributed by atoms with Gasteiger partial charge in [-0.25, -0.2) is 0 Å². The minimum absolute atomic E-state index is 0.784. The first kappa shape index (κ1) is 16.0. The topological polar surface area (TPSA) is 50.2 Å². The summed E-state index contributed by atoms with van der Waals surface area (Å²) < 4.78 is 0. The number of rotatable bonds is 6. The van der Waals surface area contributed by atoms with Gasteiger partial charge in [0.1, 0.15) is 0 Å². The summed E-state index contributed by atoms with van der Waals surface area (Å²) in [6.07, 6.45) is 5.52. The Balaban J connectivity index is 2.07. The van der Waals surface area contributed by atoms with Gasteiger partial charge in [-0.1, -0.05) is 6.07 Å². The van der Waals surface area contributed by atoms with Gasteiger partial charge in [0.15, 0.2) is 0 Å². The van der Waals surface area contributed by atoms with E-state index in [1.165, 1.54) is 11.1 Å². The van der Waals surface area contributed by atoms with Crippen LogP contribution in [0.5, 0.6) is 0 Å². The van der Waals surface area contributed by atoms with Crippen LogP contribution in [0.2, 0.25) is 0 Å². The molecule has 0 amide bonds. The zero-order chi connectivity index (χ0) is 15.9. The highest BCUT2D eigenvalue weighted by Gasteiger charge is 2.05. The van der Waals surface area contributed by atoms with Gasteiger partial charge in [0.05, 0.1) is 5.69 Å². The average Bonchev–Trinajstić information content (AvgIpc) is 2.47. The smallest absolute Gasteiger partial charge is 0.0732 e. The first-order valence-electron chi connectivity index (χ1n) is 7.31. The van der Waals surface area contributed by atoms with Crippen LogP contribution in [-0.4, -0.2) is 23.2 Å². The van der Waals surface area contributed by atoms with Crippen LogP contribution in [0.15, 0.2) is 47.4 Å². The average molecular weight is 294 g/mol. The maximum absolute atomic E-state index is 4.61. The van der Waals surface area contributed by atoms with E-state index in [9.17, 15) is 0 Å². The van der Waals surface area contributed by atoms with E-state index in [0.29, 0.717) is 0 Å². The summed E-state index contributed by atoms with van der Waals surface area (Å²) in [6.45, 7) is 11.1. The van der Waals surface area contributed by atoms with Crippen LogP contribution in [-0.2, 0) is 6.54 Å². The largest absolute Gasteiger partial charge is 0.309 e. The number of nitrogens with zero attached hydrogens (tertiary/aromatic N) is 3. The van der Waals surface area contributed by atoms with E-state index in [2.05, 4.69) is 46.1 Å². The van der Waals surface area contributed by atoms with E-state index in [1.54, 1.807) is 6.20 Å². The number of hydrogen-bond donors (Lipinski definition) is 1. The van der Waals surface area contributed by atoms with Crippen molar-refractivity contribution in [3.63, 3.8) is 0 Å². The fraction of sp³-hybridized carbons (Fsp3) is 0.278. The SMILES string of the molecule is C=N/C=C(\C)CNCc1cnc(-c2ccnc(C)c2)c(C)c1. The molecule has 0 saturated carbocycles. The summed E-state index contributed by atoms with van der Waals surface area (Å²) >= 11 is 0. The molecule has 2 aromatic heterocycles. The lowest BCUT2D eigenvalue weighted by molar-refractivity contribution is 0.735. The molecule has 2 heterocycles. The number of aromatic nitrogens is 2. The Morgan fingerprint density at radius 3 is 2.82 bits per heavy atom. The molecule has 0 aromatic carbocycles. The molecular formula is C18H22N4. The third kappa shape index (κ3) is 4.33. The predicted molar refractivity (Wildman–Crippen MR) is 92.0 cm³/mol. The molecule has 0 radical (unpaired) electrons. The van der Waals surface area contributed by atoms with Crippen LogP contribution in [0.25, 0.3) is 11.3 Å². The highest BCUT2D eigenvalue weighted by molar-refractivity contribution is 5.62. The zero-order valence-corrected chi connectivity index (χ0v) is 13.4. The minimum Gasteiger partial charge on any atom is -0.309 e. The number of aliphatic imine (C=N–C) groups is 1. The van der Waals surface area contributed by atoms with Crippen LogP contribution in [0.1, 0.15) is 23.7 Å². The molecule has 4 heteroatoms. The molecule has 114 valence electrons. The molecule has 0 bridgehead atoms. The van der Waals surface area contributed by atoms with Gasteiger partial charge in [-0.05, 0) is 56.3 Å². The maximum Gasteiger partial charge on any atom is 0.0732 e. The molecule has 0 saturated heterocycles. The summed E-state index contributed by atoms with van der Waals surface area (Å²) in [7, 11) is 0. The Labute approximate surface area is 132 Å². The number of nitrogens with one attached hydrogen (secondary N) is 1. The first-order chi connectivity index (χ1) is 10.6. The summed E-state index contributed by atoms with van der Waals surface area (Å²) in [5.74, 6) is 0. The highest BCUT2D eigenvalue weighted by atomic mass is 14.9. The summed E-state index contributed by atoms with van der Waals surface area (Å²) in [5.41, 5.74) is 6.63. The summed E-state index contributed by atoms with van der Waals surface area (Å²) in [4.78, 5) is 12.6. The lowest BCUT2D eigenvalue weighted by Crippen LogP contribution is -2.15. The van der Waals surface area contributed by atoms with E-state index in [-0.39, 0.29) is 0 Å². The van der Waals surface area contributed by atoms with Crippen LogP contribution in [0, 0.1) is 13.8 Å². The summed E-state index contributed by atoms with van der Waals surface area (Å²) in [5, 5.41) is 3.38. The molecule has 2 aromatic rings. The predicted octanol–water partition coefficient (Wildman–Crippen LogP) is 3.45. The van der Waals surface area contributed by atoms with Crippen LogP contribution in [0.4, 0.5) is 0 Å². The van der Waals surface area contributed by atoms with Crippen molar-refractivity contribution >= 4 is 6.72 Å². The number of pyridine rings is 2. The zero-order valence-electron chi connectivity index (χ0n) is 13.4. The highest BCUT2D eigenvalue weighted by Crippen LogP contribution is 2.21. The lowest BCUT2D eigenvalue weighted by Gasteiger charge is -2.09. The summed E-state index contributed by atoms with van der Waals surface area (Å²) in [6, 6.07) is 6.23. The molecule has 0 fully saturated rings. The molecular weight excluding hydrogens is 272 g/mol. The molecule has 4 nitrogen and oxygen atoms in total. The van der Waals surface area contributed by atoms with Crippen molar-refractivity contribution in [2.75, 3.05) is 6.54 Å². The van der Waals surface area contributed by atoms with Gasteiger partial charge in [-0.2, -0.15) is 0 Å². The normalized spacial score (nSPS) is 11.5. The Kier molecular flexibility index (Phi) is 5.55. The molecule has 0 unspecified atom stereocenters. The Hall–Kier alpha value is -2.33. The van der Waals surface area contributed by atoms with Gasteiger partial charge >= 0.3 is 0 Å². The van der Waals surface area contributed by atoms with E-state index in [4.69, 9.17) is 0 Å². The van der Waals surface area contributed by atoms with Gasteiger partial charge in [0.2, 0.25) is 0 Å². The third-order valence-electron chi connectivity index (χ3n) is 3.35. The Morgan fingerprint density at radius 2 is 2.14 bits per heavy atom. The maximum atomic E-state index is 4.61. The Bertz CT molecular complexity index is 689. The van der Waals surface area contributed by atoms with Gasteiger partial charge in [0.25, 0.3) is 0 Å². The van der Waals surface area contributed by atoms with Gasteiger partial charge in [0, 0.05) is 42.9 Å². The van der Waals surface area contributed by atoms with Crippen LogP contribution < -0.4 is 5.32 Å². The second kappa shape index (κ2) is 7.61. The van der Waals surface area contributed by atoms with Crippen molar-refractivity contribution in [1.29, 1.82) is 0 Å². The van der Waals surface area contributed by atoms with Crippen molar-refractivity contribution in [3.8, 4) is 11.3 Å². The third-order valence-corrected chi connectivity index (χ3v) is 3.35. The molecule has 0 atom stereocenters. The first-order valence-corrected chi connectivity index (χ1v) is 7.31. The monoisotopic (exact) mass is 294 g/mol. The van der Waals surface area contributed by atoms with E-state index >= 15 is 0 Å². The minimum atomic E-state index is 0.784. The van der Waals surface area contributed by atoms with E-state index in [1.807, 2.05) is 32.3 Å². The van der Waals surface area contributed by atoms with Crippen molar-refractivity contribution < 1.29 is 0 Å². The second-order valence-corrected chi connectivity index (χ2v) is 5.46. The molecule has 0 aliphatic heterocycles. The standard InChI is InChI=1S/C18H22N4/c1-13(9-19-4)10-20-11-16-7-14(2)18(22-12-16)17-5-6-21-15(3)8-17/h5-9,12,20H,4,10-11H2,1-3H3/b13-9+. The molecule has 0 spiro atoms. The molecule has 0 aliphatic rings. The van der Waals surface area contributed by atoms with E-state index in [0.717, 1.165) is 35.6 Å². The van der Waals surface area contributed by atoms with Crippen molar-refractivity contribution in [2.24, 2.45) is 4.99 Å². The second-order valence-electron chi connectivity index (χ2n) is 5.46. The molecule has 0 aliphatic carbocycles. The quantitative estimate of drug-likeness (QED) is 0.830. The fourth-order valence-corrected chi connectivity index (χ4v) is 2.33. The van der Waals surface area contributed by atoms with Crippen molar-refractivity contribution in [2.45, 2.75) is 27.3 Å². The van der Waals surface area contributed by atoms with Crippen LogP contribution in [0.3, 0.4) is 0 Å². The number of aryl methyl sites for hydroxylation is 2. The van der Waals surface area contributed by atoms with Gasteiger partial charge in [-0.3, -0.25) is 15.0 Å². The Morgan fingerprint density at radius 1 is 1.32 bits per heavy atom. The van der Waals surface area contributed by atoms with Gasteiger partial charge < -0.3 is 5.32 Å². The van der Waals surface area contributed by atoms with Crippen LogP contribution >= 0.6 is 0 Å². The van der Waals surface area contributed by atoms with Crippen molar-refractivity contribution in [1.82, 2.24) is 15.3 Å². The van der Waals surface area contributed by atoms with Gasteiger partial charge in [-0.15, -0.1) is 0 Å². The lowest BCUT2D eigenvalue weighted by atomic mass is 10.1. The molecule has 22 heavy (non-hydrogen) atoms. The fourth-order valence-electron chi connectivity index (χ4n) is 2.33. The van der Waals surface area contributed by atoms with E-state index < -0.39 is 0 Å². The molecule has 2 rings (SSSR count). The molecule has 1 N–H and O–H groups in total. The number of hydrogen-bond acceptors (Lipinski definition) is 4. The van der Waals surface area contributed by atoms with Crippen molar-refractivity contribution in [3.05, 3.63) is 59.2 Å².